The molecular weight excluding hydrogens is 596 g/mol. The Bertz CT molecular complexity index is 1710. The van der Waals surface area contributed by atoms with Gasteiger partial charge in [-0.25, -0.2) is 9.59 Å². The summed E-state index contributed by atoms with van der Waals surface area (Å²) in [6.07, 6.45) is 3.60. The molecule has 4 aromatic rings. The molecule has 0 saturated heterocycles. The van der Waals surface area contributed by atoms with E-state index in [1.54, 1.807) is 6.92 Å². The number of allylic oxidation sites excluding steroid dienone is 1. The fourth-order valence-electron chi connectivity index (χ4n) is 5.84. The van der Waals surface area contributed by atoms with Crippen LogP contribution >= 0.6 is 0 Å². The van der Waals surface area contributed by atoms with Crippen LogP contribution in [0.25, 0.3) is 11.1 Å². The molecule has 0 aliphatic carbocycles. The second-order valence-electron chi connectivity index (χ2n) is 11.1. The SMILES string of the molecule is CCCC(c1ccccc1)C(CC)CC(=C(C#N)C(=O)O)c1ccccc1.CCOC(=O)C(C#N)=C(c1ccccc1)c1ccccc1. The predicted molar refractivity (Wildman–Crippen MR) is 190 cm³/mol. The number of aliphatic carboxylic acids is 1. The Morgan fingerprint density at radius 2 is 1.15 bits per heavy atom. The molecule has 0 bridgehead atoms. The Labute approximate surface area is 284 Å². The predicted octanol–water partition coefficient (Wildman–Crippen LogP) is 9.62. The van der Waals surface area contributed by atoms with Crippen LogP contribution in [0.1, 0.15) is 74.6 Å². The molecule has 4 aromatic carbocycles. The molecule has 0 fully saturated rings. The van der Waals surface area contributed by atoms with Gasteiger partial charge in [0.2, 0.25) is 0 Å². The van der Waals surface area contributed by atoms with Crippen molar-refractivity contribution < 1.29 is 19.4 Å². The van der Waals surface area contributed by atoms with E-state index in [4.69, 9.17) is 4.74 Å². The minimum Gasteiger partial charge on any atom is -0.477 e. The molecule has 4 rings (SSSR count). The van der Waals surface area contributed by atoms with E-state index in [0.717, 1.165) is 36.0 Å². The lowest BCUT2D eigenvalue weighted by molar-refractivity contribution is -0.138. The highest BCUT2D eigenvalue weighted by Gasteiger charge is 2.26. The number of carbonyl (C=O) groups is 2. The molecule has 0 saturated carbocycles. The number of carboxylic acids is 1. The van der Waals surface area contributed by atoms with Crippen molar-refractivity contribution in [2.75, 3.05) is 6.61 Å². The number of benzene rings is 4. The highest BCUT2D eigenvalue weighted by molar-refractivity contribution is 6.05. The number of rotatable bonds is 13. The molecule has 1 N–H and O–H groups in total. The Hall–Kier alpha value is -5.72. The van der Waals surface area contributed by atoms with Crippen LogP contribution in [0.4, 0.5) is 0 Å². The van der Waals surface area contributed by atoms with Crippen LogP contribution in [0.3, 0.4) is 0 Å². The quantitative estimate of drug-likeness (QED) is 0.0887. The van der Waals surface area contributed by atoms with Gasteiger partial charge in [0, 0.05) is 5.57 Å². The zero-order valence-corrected chi connectivity index (χ0v) is 27.8. The van der Waals surface area contributed by atoms with Gasteiger partial charge in [0.25, 0.3) is 0 Å². The smallest absolute Gasteiger partial charge is 0.349 e. The van der Waals surface area contributed by atoms with Crippen LogP contribution in [-0.4, -0.2) is 23.7 Å². The summed E-state index contributed by atoms with van der Waals surface area (Å²) < 4.78 is 5.00. The minimum absolute atomic E-state index is 0.0225. The monoisotopic (exact) mass is 638 g/mol. The molecule has 244 valence electrons. The van der Waals surface area contributed by atoms with E-state index < -0.39 is 11.9 Å². The molecule has 48 heavy (non-hydrogen) atoms. The van der Waals surface area contributed by atoms with Gasteiger partial charge >= 0.3 is 11.9 Å². The van der Waals surface area contributed by atoms with Crippen molar-refractivity contribution in [3.05, 3.63) is 155 Å². The number of nitriles is 2. The van der Waals surface area contributed by atoms with Crippen molar-refractivity contribution in [2.45, 2.75) is 52.4 Å². The molecule has 0 amide bonds. The van der Waals surface area contributed by atoms with Crippen molar-refractivity contribution in [3.8, 4) is 12.1 Å². The van der Waals surface area contributed by atoms with Gasteiger partial charge in [-0.05, 0) is 59.4 Å². The largest absolute Gasteiger partial charge is 0.477 e. The second-order valence-corrected chi connectivity index (χ2v) is 11.1. The summed E-state index contributed by atoms with van der Waals surface area (Å²) in [6.45, 7) is 6.28. The summed E-state index contributed by atoms with van der Waals surface area (Å²) in [5, 5.41) is 28.5. The Kier molecular flexibility index (Phi) is 15.1. The topological polar surface area (TPSA) is 111 Å². The first-order valence-electron chi connectivity index (χ1n) is 16.3. The third kappa shape index (κ3) is 10.1. The maximum Gasteiger partial charge on any atom is 0.349 e. The highest BCUT2D eigenvalue weighted by atomic mass is 16.5. The van der Waals surface area contributed by atoms with Gasteiger partial charge in [0.1, 0.15) is 23.3 Å². The molecular formula is C42H42N2O4. The second kappa shape index (κ2) is 19.7. The van der Waals surface area contributed by atoms with Crippen molar-refractivity contribution in [3.63, 3.8) is 0 Å². The lowest BCUT2D eigenvalue weighted by atomic mass is 9.76. The molecule has 2 atom stereocenters. The van der Waals surface area contributed by atoms with Crippen molar-refractivity contribution in [1.29, 1.82) is 10.5 Å². The van der Waals surface area contributed by atoms with Gasteiger partial charge in [-0.3, -0.25) is 0 Å². The van der Waals surface area contributed by atoms with E-state index >= 15 is 0 Å². The molecule has 6 heteroatoms. The molecule has 0 aliphatic rings. The first-order valence-corrected chi connectivity index (χ1v) is 16.3. The normalized spacial score (nSPS) is 12.0. The van der Waals surface area contributed by atoms with Gasteiger partial charge in [-0.2, -0.15) is 10.5 Å². The van der Waals surface area contributed by atoms with Gasteiger partial charge in [0.05, 0.1) is 6.61 Å². The van der Waals surface area contributed by atoms with Gasteiger partial charge in [-0.15, -0.1) is 0 Å². The highest BCUT2D eigenvalue weighted by Crippen LogP contribution is 2.39. The molecule has 0 radical (unpaired) electrons. The Balaban J connectivity index is 0.000000269. The van der Waals surface area contributed by atoms with Gasteiger partial charge < -0.3 is 9.84 Å². The number of hydrogen-bond donors (Lipinski definition) is 1. The molecule has 0 aromatic heterocycles. The zero-order valence-electron chi connectivity index (χ0n) is 27.8. The van der Waals surface area contributed by atoms with Crippen LogP contribution in [0.5, 0.6) is 0 Å². The number of carboxylic acid groups (broad SMARTS) is 1. The van der Waals surface area contributed by atoms with Crippen LogP contribution < -0.4 is 0 Å². The average Bonchev–Trinajstić information content (AvgIpc) is 3.13. The van der Waals surface area contributed by atoms with E-state index in [2.05, 4.69) is 38.1 Å². The Morgan fingerprint density at radius 3 is 1.54 bits per heavy atom. The van der Waals surface area contributed by atoms with Crippen molar-refractivity contribution >= 4 is 23.1 Å². The first-order chi connectivity index (χ1) is 23.4. The standard InChI is InChI=1S/C24H27NO2.C18H15NO2/c1-3-11-21(19-12-7-5-8-13-19)18(4-2)16-22(23(17-25)24(26)27)20-14-9-6-10-15-20;1-2-21-18(20)16(13-19)17(14-9-5-3-6-10-14)15-11-7-4-8-12-15/h5-10,12-15,18,21H,3-4,11,16H2,1-2H3,(H,26,27);3-12H,2H2,1H3. The van der Waals surface area contributed by atoms with Crippen LogP contribution in [0, 0.1) is 28.6 Å². The number of ether oxygens (including phenoxy) is 1. The summed E-state index contributed by atoms with van der Waals surface area (Å²) in [5.74, 6) is -1.14. The van der Waals surface area contributed by atoms with E-state index in [1.165, 1.54) is 5.56 Å². The van der Waals surface area contributed by atoms with Gasteiger partial charge in [-0.1, -0.05) is 148 Å². The summed E-state index contributed by atoms with van der Waals surface area (Å²) in [5.41, 5.74) is 4.83. The molecule has 6 nitrogen and oxygen atoms in total. The van der Waals surface area contributed by atoms with Crippen molar-refractivity contribution in [1.82, 2.24) is 0 Å². The summed E-state index contributed by atoms with van der Waals surface area (Å²) >= 11 is 0. The fraction of sp³-hybridized carbons (Fsp3) is 0.238. The lowest BCUT2D eigenvalue weighted by Crippen LogP contribution is -2.15. The maximum absolute atomic E-state index is 12.1. The van der Waals surface area contributed by atoms with E-state index in [1.807, 2.05) is 109 Å². The number of esters is 1. The van der Waals surface area contributed by atoms with E-state index in [9.17, 15) is 25.2 Å². The molecule has 0 heterocycles. The average molecular weight is 639 g/mol. The number of carbonyl (C=O) groups excluding carboxylic acids is 1. The molecule has 0 aliphatic heterocycles. The van der Waals surface area contributed by atoms with E-state index in [-0.39, 0.29) is 23.7 Å². The summed E-state index contributed by atoms with van der Waals surface area (Å²) in [4.78, 5) is 23.8. The number of hydrogen-bond acceptors (Lipinski definition) is 5. The van der Waals surface area contributed by atoms with Crippen molar-refractivity contribution in [2.24, 2.45) is 5.92 Å². The van der Waals surface area contributed by atoms with Crippen LogP contribution in [0.15, 0.2) is 132 Å². The first kappa shape index (κ1) is 36.7. The third-order valence-electron chi connectivity index (χ3n) is 8.10. The summed E-state index contributed by atoms with van der Waals surface area (Å²) in [7, 11) is 0. The minimum atomic E-state index is -1.15. The summed E-state index contributed by atoms with van der Waals surface area (Å²) in [6, 6.07) is 42.5. The maximum atomic E-state index is 12.1. The third-order valence-corrected chi connectivity index (χ3v) is 8.10. The van der Waals surface area contributed by atoms with Gasteiger partial charge in [0.15, 0.2) is 0 Å². The fourth-order valence-corrected chi connectivity index (χ4v) is 5.84. The Morgan fingerprint density at radius 1 is 0.688 bits per heavy atom. The lowest BCUT2D eigenvalue weighted by Gasteiger charge is -2.28. The van der Waals surface area contributed by atoms with E-state index in [0.29, 0.717) is 23.5 Å². The molecule has 2 unspecified atom stereocenters. The molecule has 0 spiro atoms. The number of nitrogens with zero attached hydrogens (tertiary/aromatic N) is 2. The van der Waals surface area contributed by atoms with Crippen LogP contribution in [0.2, 0.25) is 0 Å². The zero-order chi connectivity index (χ0) is 34.7. The van der Waals surface area contributed by atoms with Crippen LogP contribution in [-0.2, 0) is 14.3 Å².